The highest BCUT2D eigenvalue weighted by atomic mass is 79.9. The summed E-state index contributed by atoms with van der Waals surface area (Å²) in [7, 11) is 0. The summed E-state index contributed by atoms with van der Waals surface area (Å²) in [5, 5.41) is 3.94. The van der Waals surface area contributed by atoms with Crippen LogP contribution in [0, 0.1) is 5.92 Å². The first-order chi connectivity index (χ1) is 8.16. The Bertz CT molecular complexity index is 386. The van der Waals surface area contributed by atoms with Crippen molar-refractivity contribution in [3.05, 3.63) is 21.8 Å². The van der Waals surface area contributed by atoms with Crippen LogP contribution >= 0.6 is 27.5 Å². The maximum absolute atomic E-state index is 6.10. The molecule has 1 saturated carbocycles. The van der Waals surface area contributed by atoms with Crippen LogP contribution in [0.2, 0.25) is 5.02 Å². The first-order valence-electron chi connectivity index (χ1n) is 5.97. The minimum absolute atomic E-state index is 0.311. The smallest absolute Gasteiger partial charge is 0.144 e. The van der Waals surface area contributed by atoms with Crippen LogP contribution in [0.5, 0.6) is 0 Å². The topological polar surface area (TPSA) is 50.9 Å². The van der Waals surface area contributed by atoms with E-state index >= 15 is 0 Å². The Kier molecular flexibility index (Phi) is 4.65. The van der Waals surface area contributed by atoms with E-state index in [1.165, 1.54) is 19.3 Å². The van der Waals surface area contributed by atoms with Crippen molar-refractivity contribution < 1.29 is 0 Å². The number of hydrogen-bond acceptors (Lipinski definition) is 3. The number of rotatable bonds is 3. The summed E-state index contributed by atoms with van der Waals surface area (Å²) in [5.41, 5.74) is 6.10. The van der Waals surface area contributed by atoms with Crippen molar-refractivity contribution >= 4 is 33.3 Å². The Labute approximate surface area is 115 Å². The highest BCUT2D eigenvalue weighted by molar-refractivity contribution is 9.10. The molecule has 1 aromatic heterocycles. The largest absolute Gasteiger partial charge is 0.369 e. The summed E-state index contributed by atoms with van der Waals surface area (Å²) in [6, 6.07) is 2.16. The highest BCUT2D eigenvalue weighted by Crippen LogP contribution is 2.26. The van der Waals surface area contributed by atoms with Gasteiger partial charge in [-0.1, -0.05) is 24.4 Å². The van der Waals surface area contributed by atoms with Crippen molar-refractivity contribution in [1.29, 1.82) is 0 Å². The molecule has 1 aromatic rings. The van der Waals surface area contributed by atoms with Gasteiger partial charge in [-0.3, -0.25) is 0 Å². The third-order valence-electron chi connectivity index (χ3n) is 3.31. The maximum atomic E-state index is 6.10. The molecule has 1 aliphatic carbocycles. The summed E-state index contributed by atoms with van der Waals surface area (Å²) < 4.78 is 0.891. The lowest BCUT2D eigenvalue weighted by atomic mass is 9.85. The van der Waals surface area contributed by atoms with E-state index in [0.717, 1.165) is 23.3 Å². The van der Waals surface area contributed by atoms with E-state index in [2.05, 4.69) is 26.2 Å². The zero-order valence-electron chi connectivity index (χ0n) is 9.63. The molecule has 5 heteroatoms. The Hall–Kier alpha value is -0.320. The average Bonchev–Trinajstić information content (AvgIpc) is 2.30. The van der Waals surface area contributed by atoms with E-state index < -0.39 is 0 Å². The van der Waals surface area contributed by atoms with Gasteiger partial charge in [-0.15, -0.1) is 0 Å². The molecular weight excluding hydrogens is 302 g/mol. The monoisotopic (exact) mass is 317 g/mol. The Morgan fingerprint density at radius 1 is 1.47 bits per heavy atom. The molecule has 2 atom stereocenters. The maximum Gasteiger partial charge on any atom is 0.144 e. The van der Waals surface area contributed by atoms with Gasteiger partial charge in [-0.25, -0.2) is 4.98 Å². The Morgan fingerprint density at radius 3 is 2.94 bits per heavy atom. The van der Waals surface area contributed by atoms with E-state index in [0.29, 0.717) is 17.0 Å². The van der Waals surface area contributed by atoms with Crippen LogP contribution in [-0.4, -0.2) is 17.6 Å². The van der Waals surface area contributed by atoms with Crippen molar-refractivity contribution in [2.24, 2.45) is 11.7 Å². The lowest BCUT2D eigenvalue weighted by Gasteiger charge is -2.28. The first kappa shape index (κ1) is 13.1. The molecule has 0 saturated heterocycles. The second-order valence-corrected chi connectivity index (χ2v) is 5.90. The molecule has 3 N–H and O–H groups in total. The molecule has 2 unspecified atom stereocenters. The SMILES string of the molecule is NC1CCCCC1CNc1ncc(Br)cc1Cl. The first-order valence-corrected chi connectivity index (χ1v) is 7.14. The molecule has 0 amide bonds. The normalized spacial score (nSPS) is 24.6. The third kappa shape index (κ3) is 3.57. The molecule has 0 radical (unpaired) electrons. The molecule has 0 aromatic carbocycles. The number of nitrogens with one attached hydrogen (secondary N) is 1. The Balaban J connectivity index is 1.92. The summed E-state index contributed by atoms with van der Waals surface area (Å²) in [6.07, 6.45) is 6.61. The molecule has 17 heavy (non-hydrogen) atoms. The highest BCUT2D eigenvalue weighted by Gasteiger charge is 2.21. The lowest BCUT2D eigenvalue weighted by Crippen LogP contribution is -2.37. The number of pyridine rings is 1. The molecule has 0 aliphatic heterocycles. The number of anilines is 1. The molecular formula is C12H17BrClN3. The number of nitrogens with zero attached hydrogens (tertiary/aromatic N) is 1. The minimum atomic E-state index is 0.311. The predicted octanol–water partition coefficient (Wildman–Crippen LogP) is 3.43. The van der Waals surface area contributed by atoms with Gasteiger partial charge in [-0.2, -0.15) is 0 Å². The number of hydrogen-bond donors (Lipinski definition) is 2. The fraction of sp³-hybridized carbons (Fsp3) is 0.583. The molecule has 1 fully saturated rings. The van der Waals surface area contributed by atoms with Gasteiger partial charge in [0.05, 0.1) is 5.02 Å². The van der Waals surface area contributed by atoms with Gasteiger partial charge in [0.2, 0.25) is 0 Å². The second kappa shape index (κ2) is 6.03. The van der Waals surface area contributed by atoms with Gasteiger partial charge in [0.1, 0.15) is 5.82 Å². The third-order valence-corrected chi connectivity index (χ3v) is 4.03. The van der Waals surface area contributed by atoms with Crippen molar-refractivity contribution in [2.75, 3.05) is 11.9 Å². The fourth-order valence-electron chi connectivity index (χ4n) is 2.26. The van der Waals surface area contributed by atoms with Crippen LogP contribution in [0.25, 0.3) is 0 Å². The minimum Gasteiger partial charge on any atom is -0.369 e. The van der Waals surface area contributed by atoms with Crippen molar-refractivity contribution in [1.82, 2.24) is 4.98 Å². The van der Waals surface area contributed by atoms with E-state index in [-0.39, 0.29) is 0 Å². The van der Waals surface area contributed by atoms with Crippen molar-refractivity contribution in [2.45, 2.75) is 31.7 Å². The Morgan fingerprint density at radius 2 is 2.24 bits per heavy atom. The van der Waals surface area contributed by atoms with Crippen molar-refractivity contribution in [3.8, 4) is 0 Å². The molecule has 0 bridgehead atoms. The van der Waals surface area contributed by atoms with Crippen LogP contribution in [-0.2, 0) is 0 Å². The van der Waals surface area contributed by atoms with Crippen LogP contribution in [0.15, 0.2) is 16.7 Å². The van der Waals surface area contributed by atoms with Gasteiger partial charge in [0.25, 0.3) is 0 Å². The van der Waals surface area contributed by atoms with E-state index in [9.17, 15) is 0 Å². The van der Waals surface area contributed by atoms with Crippen LogP contribution < -0.4 is 11.1 Å². The standard InChI is InChI=1S/C12H17BrClN3/c13-9-5-10(14)12(17-7-9)16-6-8-3-1-2-4-11(8)15/h5,7-8,11H,1-4,6,15H2,(H,16,17). The molecule has 94 valence electrons. The molecule has 1 heterocycles. The number of halogens is 2. The summed E-state index contributed by atoms with van der Waals surface area (Å²) in [5.74, 6) is 1.28. The van der Waals surface area contributed by atoms with Crippen LogP contribution in [0.4, 0.5) is 5.82 Å². The predicted molar refractivity (Wildman–Crippen MR) is 75.4 cm³/mol. The lowest BCUT2D eigenvalue weighted by molar-refractivity contribution is 0.321. The van der Waals surface area contributed by atoms with Gasteiger partial charge in [0, 0.05) is 23.3 Å². The average molecular weight is 319 g/mol. The van der Waals surface area contributed by atoms with Gasteiger partial charge >= 0.3 is 0 Å². The van der Waals surface area contributed by atoms with Crippen LogP contribution in [0.1, 0.15) is 25.7 Å². The second-order valence-electron chi connectivity index (χ2n) is 4.57. The molecule has 1 aliphatic rings. The molecule has 3 nitrogen and oxygen atoms in total. The van der Waals surface area contributed by atoms with Gasteiger partial charge < -0.3 is 11.1 Å². The number of nitrogens with two attached hydrogens (primary N) is 1. The number of aromatic nitrogens is 1. The van der Waals surface area contributed by atoms with Gasteiger partial charge in [0.15, 0.2) is 0 Å². The molecule has 0 spiro atoms. The van der Waals surface area contributed by atoms with Crippen LogP contribution in [0.3, 0.4) is 0 Å². The van der Waals surface area contributed by atoms with Gasteiger partial charge in [-0.05, 0) is 40.8 Å². The van der Waals surface area contributed by atoms with E-state index in [1.54, 1.807) is 6.20 Å². The van der Waals surface area contributed by atoms with E-state index in [1.807, 2.05) is 6.07 Å². The quantitative estimate of drug-likeness (QED) is 0.898. The summed E-state index contributed by atoms with van der Waals surface area (Å²) >= 11 is 9.44. The molecule has 2 rings (SSSR count). The zero-order valence-corrected chi connectivity index (χ0v) is 12.0. The zero-order chi connectivity index (χ0) is 12.3. The van der Waals surface area contributed by atoms with Crippen molar-refractivity contribution in [3.63, 3.8) is 0 Å². The van der Waals surface area contributed by atoms with E-state index in [4.69, 9.17) is 17.3 Å². The summed E-state index contributed by atoms with van der Waals surface area (Å²) in [6.45, 7) is 0.857. The summed E-state index contributed by atoms with van der Waals surface area (Å²) in [4.78, 5) is 4.26. The fourth-order valence-corrected chi connectivity index (χ4v) is 2.96.